The zero-order chi connectivity index (χ0) is 26.0. The first-order valence-corrected chi connectivity index (χ1v) is 13.7. The van der Waals surface area contributed by atoms with Crippen LogP contribution in [-0.2, 0) is 26.2 Å². The van der Waals surface area contributed by atoms with Crippen LogP contribution in [0.5, 0.6) is 0 Å². The van der Waals surface area contributed by atoms with E-state index in [0.717, 1.165) is 55.5 Å². The van der Waals surface area contributed by atoms with Crippen LogP contribution >= 0.6 is 0 Å². The SMILES string of the molecule is CC1(C)C(=O)N(C2CCN(C(=O)C(CCc3ccccc3)NC(=O)C3CCCN3)CC2)c2ccccc21. The molecule has 2 aromatic carbocycles. The average molecular weight is 503 g/mol. The monoisotopic (exact) mass is 502 g/mol. The van der Waals surface area contributed by atoms with Crippen molar-refractivity contribution in [2.45, 2.75) is 75.9 Å². The number of likely N-dealkylation sites (tertiary alicyclic amines) is 1. The van der Waals surface area contributed by atoms with E-state index in [1.165, 1.54) is 0 Å². The Morgan fingerprint density at radius 3 is 2.43 bits per heavy atom. The second kappa shape index (κ2) is 10.7. The fourth-order valence-electron chi connectivity index (χ4n) is 6.06. The molecule has 3 aliphatic rings. The summed E-state index contributed by atoms with van der Waals surface area (Å²) in [5.41, 5.74) is 2.69. The molecule has 3 aliphatic heterocycles. The highest BCUT2D eigenvalue weighted by atomic mass is 16.2. The van der Waals surface area contributed by atoms with Crippen molar-refractivity contribution < 1.29 is 14.4 Å². The Hall–Kier alpha value is -3.19. The van der Waals surface area contributed by atoms with Gasteiger partial charge in [0.05, 0.1) is 11.5 Å². The number of hydrogen-bond donors (Lipinski definition) is 2. The summed E-state index contributed by atoms with van der Waals surface area (Å²) in [6, 6.07) is 17.4. The molecule has 0 spiro atoms. The molecule has 7 nitrogen and oxygen atoms in total. The number of hydrogen-bond acceptors (Lipinski definition) is 4. The van der Waals surface area contributed by atoms with Gasteiger partial charge in [-0.2, -0.15) is 0 Å². The molecule has 3 amide bonds. The molecule has 0 bridgehead atoms. The summed E-state index contributed by atoms with van der Waals surface area (Å²) in [5, 5.41) is 6.30. The number of piperidine rings is 1. The average Bonchev–Trinajstić information content (AvgIpc) is 3.53. The first-order chi connectivity index (χ1) is 17.9. The van der Waals surface area contributed by atoms with Crippen molar-refractivity contribution >= 4 is 23.4 Å². The third-order valence-corrected chi connectivity index (χ3v) is 8.29. The highest BCUT2D eigenvalue weighted by Gasteiger charge is 2.47. The first kappa shape index (κ1) is 25.5. The van der Waals surface area contributed by atoms with Crippen molar-refractivity contribution in [2.75, 3.05) is 24.5 Å². The minimum absolute atomic E-state index is 0.0193. The van der Waals surface area contributed by atoms with Gasteiger partial charge in [0.25, 0.3) is 0 Å². The number of carbonyl (C=O) groups excluding carboxylic acids is 3. The van der Waals surface area contributed by atoms with Gasteiger partial charge < -0.3 is 20.4 Å². The van der Waals surface area contributed by atoms with Gasteiger partial charge in [-0.15, -0.1) is 0 Å². The molecule has 0 aromatic heterocycles. The fourth-order valence-corrected chi connectivity index (χ4v) is 6.06. The van der Waals surface area contributed by atoms with Crippen LogP contribution in [0.15, 0.2) is 54.6 Å². The van der Waals surface area contributed by atoms with Gasteiger partial charge in [-0.1, -0.05) is 48.5 Å². The van der Waals surface area contributed by atoms with E-state index in [-0.39, 0.29) is 29.8 Å². The quantitative estimate of drug-likeness (QED) is 0.610. The summed E-state index contributed by atoms with van der Waals surface area (Å²) in [5.74, 6) is 0.0325. The second-order valence-electron chi connectivity index (χ2n) is 11.1. The van der Waals surface area contributed by atoms with Gasteiger partial charge in [0, 0.05) is 24.8 Å². The number of rotatable bonds is 7. The standard InChI is InChI=1S/C30H38N4O3/c1-30(2)23-11-6-7-13-26(23)34(29(30)37)22-16-19-33(20-17-22)28(36)25(15-14-21-9-4-3-5-10-21)32-27(35)24-12-8-18-31-24/h3-7,9-11,13,22,24-25,31H,8,12,14-20H2,1-2H3,(H,32,35). The Bertz CT molecular complexity index is 1130. The maximum absolute atomic E-state index is 13.7. The third-order valence-electron chi connectivity index (χ3n) is 8.29. The topological polar surface area (TPSA) is 81.8 Å². The van der Waals surface area contributed by atoms with E-state index < -0.39 is 11.5 Å². The van der Waals surface area contributed by atoms with E-state index in [0.29, 0.717) is 19.5 Å². The molecule has 2 atom stereocenters. The molecule has 2 saturated heterocycles. The summed E-state index contributed by atoms with van der Waals surface area (Å²) in [6.45, 7) is 5.98. The number of benzene rings is 2. The van der Waals surface area contributed by atoms with E-state index in [1.54, 1.807) is 0 Å². The molecule has 0 radical (unpaired) electrons. The molecule has 0 saturated carbocycles. The Balaban J connectivity index is 1.25. The highest BCUT2D eigenvalue weighted by molar-refractivity contribution is 6.08. The van der Waals surface area contributed by atoms with E-state index in [2.05, 4.69) is 22.8 Å². The van der Waals surface area contributed by atoms with Crippen LogP contribution in [-0.4, -0.2) is 60.4 Å². The lowest BCUT2D eigenvalue weighted by atomic mass is 9.86. The third kappa shape index (κ3) is 5.14. The largest absolute Gasteiger partial charge is 0.343 e. The summed E-state index contributed by atoms with van der Waals surface area (Å²) >= 11 is 0. The maximum atomic E-state index is 13.7. The predicted octanol–water partition coefficient (Wildman–Crippen LogP) is 3.17. The van der Waals surface area contributed by atoms with Crippen molar-refractivity contribution in [2.24, 2.45) is 0 Å². The molecule has 196 valence electrons. The molecule has 3 heterocycles. The van der Waals surface area contributed by atoms with Crippen molar-refractivity contribution in [1.29, 1.82) is 0 Å². The van der Waals surface area contributed by atoms with Crippen molar-refractivity contribution in [3.05, 3.63) is 65.7 Å². The molecular weight excluding hydrogens is 464 g/mol. The number of para-hydroxylation sites is 1. The summed E-state index contributed by atoms with van der Waals surface area (Å²) < 4.78 is 0. The Kier molecular flexibility index (Phi) is 7.33. The summed E-state index contributed by atoms with van der Waals surface area (Å²) in [7, 11) is 0. The number of fused-ring (bicyclic) bond motifs is 1. The molecule has 2 unspecified atom stereocenters. The molecule has 7 heteroatoms. The smallest absolute Gasteiger partial charge is 0.245 e. The van der Waals surface area contributed by atoms with E-state index in [1.807, 2.05) is 66.1 Å². The van der Waals surface area contributed by atoms with Crippen LogP contribution < -0.4 is 15.5 Å². The van der Waals surface area contributed by atoms with Gasteiger partial charge in [0.1, 0.15) is 6.04 Å². The fraction of sp³-hybridized carbons (Fsp3) is 0.500. The lowest BCUT2D eigenvalue weighted by Gasteiger charge is -2.39. The molecule has 2 N–H and O–H groups in total. The number of amides is 3. The summed E-state index contributed by atoms with van der Waals surface area (Å²) in [4.78, 5) is 43.8. The Morgan fingerprint density at radius 1 is 1.03 bits per heavy atom. The van der Waals surface area contributed by atoms with Gasteiger partial charge in [0.2, 0.25) is 17.7 Å². The van der Waals surface area contributed by atoms with Gasteiger partial charge in [-0.25, -0.2) is 0 Å². The second-order valence-corrected chi connectivity index (χ2v) is 11.1. The van der Waals surface area contributed by atoms with Crippen LogP contribution in [0, 0.1) is 0 Å². The Morgan fingerprint density at radius 2 is 1.73 bits per heavy atom. The molecule has 0 aliphatic carbocycles. The van der Waals surface area contributed by atoms with E-state index in [4.69, 9.17) is 0 Å². The lowest BCUT2D eigenvalue weighted by molar-refractivity contribution is -0.138. The van der Waals surface area contributed by atoms with Crippen LogP contribution in [0.1, 0.15) is 57.1 Å². The lowest BCUT2D eigenvalue weighted by Crippen LogP contribution is -2.56. The van der Waals surface area contributed by atoms with Gasteiger partial charge >= 0.3 is 0 Å². The van der Waals surface area contributed by atoms with Crippen LogP contribution in [0.3, 0.4) is 0 Å². The molecule has 2 fully saturated rings. The van der Waals surface area contributed by atoms with Gasteiger partial charge in [0.15, 0.2) is 0 Å². The molecule has 37 heavy (non-hydrogen) atoms. The molecular formula is C30H38N4O3. The maximum Gasteiger partial charge on any atom is 0.245 e. The van der Waals surface area contributed by atoms with Gasteiger partial charge in [-0.05, 0) is 76.1 Å². The zero-order valence-corrected chi connectivity index (χ0v) is 21.9. The number of carbonyl (C=O) groups is 3. The predicted molar refractivity (Wildman–Crippen MR) is 144 cm³/mol. The Labute approximate surface area is 219 Å². The summed E-state index contributed by atoms with van der Waals surface area (Å²) in [6.07, 6.45) is 4.52. The van der Waals surface area contributed by atoms with Crippen LogP contribution in [0.4, 0.5) is 5.69 Å². The molecule has 2 aromatic rings. The van der Waals surface area contributed by atoms with E-state index >= 15 is 0 Å². The van der Waals surface area contributed by atoms with Crippen LogP contribution in [0.2, 0.25) is 0 Å². The number of anilines is 1. The van der Waals surface area contributed by atoms with Crippen LogP contribution in [0.25, 0.3) is 0 Å². The van der Waals surface area contributed by atoms with Crippen molar-refractivity contribution in [3.63, 3.8) is 0 Å². The van der Waals surface area contributed by atoms with Gasteiger partial charge in [-0.3, -0.25) is 14.4 Å². The van der Waals surface area contributed by atoms with Crippen molar-refractivity contribution in [1.82, 2.24) is 15.5 Å². The number of aryl methyl sites for hydroxylation is 1. The normalized spacial score (nSPS) is 22.1. The van der Waals surface area contributed by atoms with E-state index in [9.17, 15) is 14.4 Å². The minimum atomic E-state index is -0.556. The zero-order valence-electron chi connectivity index (χ0n) is 21.9. The first-order valence-electron chi connectivity index (χ1n) is 13.7. The number of nitrogens with zero attached hydrogens (tertiary/aromatic N) is 2. The van der Waals surface area contributed by atoms with Crippen molar-refractivity contribution in [3.8, 4) is 0 Å². The number of nitrogens with one attached hydrogen (secondary N) is 2. The molecule has 5 rings (SSSR count). The minimum Gasteiger partial charge on any atom is -0.343 e. The highest BCUT2D eigenvalue weighted by Crippen LogP contribution is 2.43.